The van der Waals surface area contributed by atoms with Crippen molar-refractivity contribution in [1.29, 1.82) is 0 Å². The third kappa shape index (κ3) is 6.99. The molecule has 2 aliphatic heterocycles. The number of benzene rings is 3. The second-order valence-corrected chi connectivity index (χ2v) is 11.8. The molecule has 212 valence electrons. The highest BCUT2D eigenvalue weighted by atomic mass is 35.5. The normalized spacial score (nSPS) is 18.1. The van der Waals surface area contributed by atoms with E-state index in [2.05, 4.69) is 46.2 Å². The number of phenolic OH excluding ortho intramolecular Hbond substituents is 1. The Labute approximate surface area is 247 Å². The van der Waals surface area contributed by atoms with Gasteiger partial charge in [0.2, 0.25) is 5.91 Å². The van der Waals surface area contributed by atoms with E-state index in [9.17, 15) is 9.90 Å². The van der Waals surface area contributed by atoms with Gasteiger partial charge in [0.05, 0.1) is 6.04 Å². The quantitative estimate of drug-likeness (QED) is 0.378. The molecule has 2 aliphatic rings. The molecule has 0 spiro atoms. The van der Waals surface area contributed by atoms with Crippen molar-refractivity contribution in [2.75, 3.05) is 45.8 Å². The standard InChI is InChI=1S/C32H38Cl2N4O2/c33-26-9-10-27(23-5-2-1-3-6-23)25(21-26)13-16-36-14-11-24(12-15-36)31(35)32(40)38-19-17-37(18-20-38)22-28-29(34)7-4-8-30(28)39/h1-10,21,24,31,39H,11-20,22,35H2/t31-/m1/s1. The molecule has 3 N–H and O–H groups in total. The Hall–Kier alpha value is -2.61. The smallest absolute Gasteiger partial charge is 0.239 e. The zero-order valence-corrected chi connectivity index (χ0v) is 24.3. The molecule has 1 atom stereocenters. The number of likely N-dealkylation sites (tertiary alicyclic amines) is 1. The van der Waals surface area contributed by atoms with Crippen LogP contribution in [-0.4, -0.2) is 77.6 Å². The first-order valence-electron chi connectivity index (χ1n) is 14.2. The molecule has 0 unspecified atom stereocenters. The number of carbonyl (C=O) groups excluding carboxylic acids is 1. The summed E-state index contributed by atoms with van der Waals surface area (Å²) in [4.78, 5) is 19.9. The van der Waals surface area contributed by atoms with Gasteiger partial charge >= 0.3 is 0 Å². The van der Waals surface area contributed by atoms with Gasteiger partial charge in [0.15, 0.2) is 0 Å². The average molecular weight is 582 g/mol. The number of rotatable bonds is 8. The summed E-state index contributed by atoms with van der Waals surface area (Å²) < 4.78 is 0. The van der Waals surface area contributed by atoms with Gasteiger partial charge in [-0.3, -0.25) is 9.69 Å². The Bertz CT molecular complexity index is 1270. The van der Waals surface area contributed by atoms with Crippen molar-refractivity contribution in [3.8, 4) is 16.9 Å². The van der Waals surface area contributed by atoms with Gasteiger partial charge in [-0.15, -0.1) is 0 Å². The van der Waals surface area contributed by atoms with Crippen LogP contribution < -0.4 is 5.73 Å². The highest BCUT2D eigenvalue weighted by molar-refractivity contribution is 6.31. The van der Waals surface area contributed by atoms with Crippen LogP contribution in [0, 0.1) is 5.92 Å². The minimum absolute atomic E-state index is 0.0603. The number of hydrogen-bond donors (Lipinski definition) is 2. The summed E-state index contributed by atoms with van der Waals surface area (Å²) >= 11 is 12.6. The molecule has 2 fully saturated rings. The summed E-state index contributed by atoms with van der Waals surface area (Å²) in [6.45, 7) is 6.16. The second-order valence-electron chi connectivity index (χ2n) is 11.0. The number of nitrogens with zero attached hydrogens (tertiary/aromatic N) is 3. The summed E-state index contributed by atoms with van der Waals surface area (Å²) in [5.41, 5.74) is 11.0. The predicted molar refractivity (Wildman–Crippen MR) is 163 cm³/mol. The number of piperidine rings is 1. The number of halogens is 2. The summed E-state index contributed by atoms with van der Waals surface area (Å²) in [7, 11) is 0. The molecule has 1 amide bonds. The lowest BCUT2D eigenvalue weighted by Crippen LogP contribution is -2.55. The van der Waals surface area contributed by atoms with Crippen LogP contribution in [-0.2, 0) is 17.8 Å². The number of carbonyl (C=O) groups is 1. The lowest BCUT2D eigenvalue weighted by Gasteiger charge is -2.39. The third-order valence-electron chi connectivity index (χ3n) is 8.43. The highest BCUT2D eigenvalue weighted by Crippen LogP contribution is 2.29. The van der Waals surface area contributed by atoms with E-state index in [-0.39, 0.29) is 17.6 Å². The molecule has 0 radical (unpaired) electrons. The van der Waals surface area contributed by atoms with E-state index < -0.39 is 6.04 Å². The van der Waals surface area contributed by atoms with Gasteiger partial charge in [-0.05, 0) is 79.2 Å². The Morgan fingerprint density at radius 2 is 1.62 bits per heavy atom. The molecule has 40 heavy (non-hydrogen) atoms. The Balaban J connectivity index is 1.08. The highest BCUT2D eigenvalue weighted by Gasteiger charge is 2.33. The zero-order valence-electron chi connectivity index (χ0n) is 22.8. The summed E-state index contributed by atoms with van der Waals surface area (Å²) in [5, 5.41) is 11.5. The number of piperazine rings is 1. The van der Waals surface area contributed by atoms with Crippen LogP contribution in [0.2, 0.25) is 10.0 Å². The van der Waals surface area contributed by atoms with Crippen LogP contribution in [0.5, 0.6) is 5.75 Å². The van der Waals surface area contributed by atoms with Gasteiger partial charge < -0.3 is 20.6 Å². The van der Waals surface area contributed by atoms with Crippen molar-refractivity contribution in [2.45, 2.75) is 31.8 Å². The molecular weight excluding hydrogens is 543 g/mol. The van der Waals surface area contributed by atoms with Gasteiger partial charge in [-0.25, -0.2) is 0 Å². The average Bonchev–Trinajstić information content (AvgIpc) is 2.98. The van der Waals surface area contributed by atoms with Crippen molar-refractivity contribution in [2.24, 2.45) is 11.7 Å². The van der Waals surface area contributed by atoms with Gasteiger partial charge in [-0.1, -0.05) is 65.7 Å². The summed E-state index contributed by atoms with van der Waals surface area (Å²) in [6, 6.07) is 21.3. The maximum Gasteiger partial charge on any atom is 0.239 e. The van der Waals surface area contributed by atoms with Gasteiger partial charge in [0.25, 0.3) is 0 Å². The number of amides is 1. The number of phenols is 1. The van der Waals surface area contributed by atoms with Crippen LogP contribution in [0.25, 0.3) is 11.1 Å². The minimum Gasteiger partial charge on any atom is -0.508 e. The van der Waals surface area contributed by atoms with Gasteiger partial charge in [-0.2, -0.15) is 0 Å². The lowest BCUT2D eigenvalue weighted by atomic mass is 9.88. The van der Waals surface area contributed by atoms with E-state index in [0.29, 0.717) is 24.7 Å². The van der Waals surface area contributed by atoms with E-state index in [1.54, 1.807) is 18.2 Å². The molecule has 0 bridgehead atoms. The van der Waals surface area contributed by atoms with Gasteiger partial charge in [0.1, 0.15) is 5.75 Å². The molecule has 0 saturated carbocycles. The second kappa shape index (κ2) is 13.4. The topological polar surface area (TPSA) is 73.0 Å². The fourth-order valence-electron chi connectivity index (χ4n) is 5.95. The lowest BCUT2D eigenvalue weighted by molar-refractivity contribution is -0.136. The third-order valence-corrected chi connectivity index (χ3v) is 9.02. The van der Waals surface area contributed by atoms with Crippen LogP contribution in [0.1, 0.15) is 24.0 Å². The molecule has 3 aromatic rings. The molecule has 2 saturated heterocycles. The molecule has 3 aromatic carbocycles. The molecule has 0 aromatic heterocycles. The summed E-state index contributed by atoms with van der Waals surface area (Å²) in [5.74, 6) is 0.474. The monoisotopic (exact) mass is 580 g/mol. The van der Waals surface area contributed by atoms with Crippen molar-refractivity contribution in [1.82, 2.24) is 14.7 Å². The largest absolute Gasteiger partial charge is 0.508 e. The van der Waals surface area contributed by atoms with Crippen LogP contribution in [0.15, 0.2) is 66.7 Å². The van der Waals surface area contributed by atoms with E-state index >= 15 is 0 Å². The number of hydrogen-bond acceptors (Lipinski definition) is 5. The molecule has 8 heteroatoms. The van der Waals surface area contributed by atoms with E-state index in [0.717, 1.165) is 62.6 Å². The number of nitrogens with two attached hydrogens (primary N) is 1. The molecular formula is C32H38Cl2N4O2. The SMILES string of the molecule is N[C@@H](C(=O)N1CCN(Cc2c(O)cccc2Cl)CC1)C1CCN(CCc2cc(Cl)ccc2-c2ccccc2)CC1. The van der Waals surface area contributed by atoms with Crippen molar-refractivity contribution >= 4 is 29.1 Å². The van der Waals surface area contributed by atoms with E-state index in [4.69, 9.17) is 28.9 Å². The minimum atomic E-state index is -0.459. The fraction of sp³-hybridized carbons (Fsp3) is 0.406. The zero-order chi connectivity index (χ0) is 28.1. The maximum atomic E-state index is 13.3. The van der Waals surface area contributed by atoms with Crippen LogP contribution >= 0.6 is 23.2 Å². The molecule has 2 heterocycles. The van der Waals surface area contributed by atoms with E-state index in [1.807, 2.05) is 17.0 Å². The van der Waals surface area contributed by atoms with Crippen molar-refractivity contribution in [3.05, 3.63) is 87.9 Å². The molecule has 6 nitrogen and oxygen atoms in total. The Morgan fingerprint density at radius 1 is 0.900 bits per heavy atom. The Kier molecular flexibility index (Phi) is 9.66. The van der Waals surface area contributed by atoms with Crippen molar-refractivity contribution < 1.29 is 9.90 Å². The molecule has 0 aliphatic carbocycles. The first kappa shape index (κ1) is 28.9. The first-order valence-corrected chi connectivity index (χ1v) is 14.9. The number of aromatic hydroxyl groups is 1. The Morgan fingerprint density at radius 3 is 2.33 bits per heavy atom. The molecule has 5 rings (SSSR count). The fourth-order valence-corrected chi connectivity index (χ4v) is 6.37. The van der Waals surface area contributed by atoms with Gasteiger partial charge in [0, 0.05) is 54.9 Å². The predicted octanol–water partition coefficient (Wildman–Crippen LogP) is 5.29. The van der Waals surface area contributed by atoms with Crippen LogP contribution in [0.4, 0.5) is 0 Å². The summed E-state index contributed by atoms with van der Waals surface area (Å²) in [6.07, 6.45) is 2.79. The van der Waals surface area contributed by atoms with Crippen molar-refractivity contribution in [3.63, 3.8) is 0 Å². The first-order chi connectivity index (χ1) is 19.4. The van der Waals surface area contributed by atoms with E-state index in [1.165, 1.54) is 16.7 Å². The van der Waals surface area contributed by atoms with Crippen LogP contribution in [0.3, 0.4) is 0 Å². The maximum absolute atomic E-state index is 13.3.